The number of rotatable bonds is 7. The Morgan fingerprint density at radius 2 is 2.24 bits per heavy atom. The highest BCUT2D eigenvalue weighted by atomic mass is 32.2. The molecule has 9 heteroatoms. The van der Waals surface area contributed by atoms with Crippen LogP contribution in [0.5, 0.6) is 0 Å². The van der Waals surface area contributed by atoms with Crippen molar-refractivity contribution in [1.29, 1.82) is 0 Å². The Kier molecular flexibility index (Phi) is 6.47. The molecule has 118 valence electrons. The van der Waals surface area contributed by atoms with Crippen molar-refractivity contribution in [2.24, 2.45) is 0 Å². The second-order valence-electron chi connectivity index (χ2n) is 5.23. The number of alkyl carbamates (subject to hydrolysis) is 1. The summed E-state index contributed by atoms with van der Waals surface area (Å²) in [5.41, 5.74) is -0.666. The standard InChI is InChI=1S/C12H19N3O5S/c1-12(2,3)20-11(18)14-8(10(16)17)4-5-21-6-9-13-7-19-15-9/h7-8H,4-6H2,1-3H3,(H,14,18)(H,16,17). The molecule has 2 N–H and O–H groups in total. The number of hydrogen-bond donors (Lipinski definition) is 2. The molecule has 0 radical (unpaired) electrons. The number of carbonyl (C=O) groups is 2. The summed E-state index contributed by atoms with van der Waals surface area (Å²) in [6.07, 6.45) is 0.773. The molecule has 1 heterocycles. The van der Waals surface area contributed by atoms with Gasteiger partial charge in [-0.25, -0.2) is 9.59 Å². The summed E-state index contributed by atoms with van der Waals surface area (Å²) in [5.74, 6) is 0.504. The van der Waals surface area contributed by atoms with Gasteiger partial charge >= 0.3 is 12.1 Å². The topological polar surface area (TPSA) is 115 Å². The van der Waals surface area contributed by atoms with Gasteiger partial charge in [0.2, 0.25) is 6.39 Å². The van der Waals surface area contributed by atoms with Gasteiger partial charge in [0.15, 0.2) is 5.82 Å². The normalized spacial score (nSPS) is 12.7. The molecule has 0 saturated heterocycles. The van der Waals surface area contributed by atoms with E-state index in [4.69, 9.17) is 9.84 Å². The Labute approximate surface area is 126 Å². The van der Waals surface area contributed by atoms with Gasteiger partial charge in [-0.15, -0.1) is 0 Å². The molecule has 0 aliphatic heterocycles. The highest BCUT2D eigenvalue weighted by Crippen LogP contribution is 2.12. The van der Waals surface area contributed by atoms with E-state index in [9.17, 15) is 9.59 Å². The molecule has 1 aromatic rings. The van der Waals surface area contributed by atoms with Crippen LogP contribution >= 0.6 is 11.8 Å². The highest BCUT2D eigenvalue weighted by Gasteiger charge is 2.23. The zero-order valence-corrected chi connectivity index (χ0v) is 13.0. The van der Waals surface area contributed by atoms with E-state index in [0.717, 1.165) is 0 Å². The summed E-state index contributed by atoms with van der Waals surface area (Å²) in [7, 11) is 0. The maximum absolute atomic E-state index is 11.6. The van der Waals surface area contributed by atoms with Crippen LogP contribution in [0.25, 0.3) is 0 Å². The van der Waals surface area contributed by atoms with Gasteiger partial charge in [0.05, 0.1) is 5.75 Å². The number of aliphatic carboxylic acids is 1. The van der Waals surface area contributed by atoms with Crippen molar-refractivity contribution in [3.8, 4) is 0 Å². The van der Waals surface area contributed by atoms with Crippen molar-refractivity contribution in [2.45, 2.75) is 44.6 Å². The number of carboxylic acid groups (broad SMARTS) is 1. The number of carbonyl (C=O) groups excluding carboxylic acids is 1. The Morgan fingerprint density at radius 3 is 2.76 bits per heavy atom. The second kappa shape index (κ2) is 7.87. The van der Waals surface area contributed by atoms with Crippen LogP contribution in [-0.2, 0) is 15.3 Å². The average molecular weight is 317 g/mol. The van der Waals surface area contributed by atoms with Crippen molar-refractivity contribution < 1.29 is 24.0 Å². The minimum absolute atomic E-state index is 0.275. The lowest BCUT2D eigenvalue weighted by molar-refractivity contribution is -0.139. The van der Waals surface area contributed by atoms with Crippen LogP contribution in [-0.4, -0.2) is 44.7 Å². The highest BCUT2D eigenvalue weighted by molar-refractivity contribution is 7.98. The molecule has 0 spiro atoms. The summed E-state index contributed by atoms with van der Waals surface area (Å²) in [6, 6.07) is -0.988. The maximum Gasteiger partial charge on any atom is 0.408 e. The third-order valence-electron chi connectivity index (χ3n) is 2.18. The number of thioether (sulfide) groups is 1. The van der Waals surface area contributed by atoms with E-state index < -0.39 is 23.7 Å². The first-order chi connectivity index (χ1) is 9.78. The second-order valence-corrected chi connectivity index (χ2v) is 6.33. The maximum atomic E-state index is 11.6. The van der Waals surface area contributed by atoms with Crippen molar-refractivity contribution in [2.75, 3.05) is 5.75 Å². The molecular formula is C12H19N3O5S. The van der Waals surface area contributed by atoms with Crippen molar-refractivity contribution in [3.63, 3.8) is 0 Å². The number of amides is 1. The van der Waals surface area contributed by atoms with Gasteiger partial charge in [-0.2, -0.15) is 16.7 Å². The Morgan fingerprint density at radius 1 is 1.52 bits per heavy atom. The lowest BCUT2D eigenvalue weighted by atomic mass is 10.2. The zero-order chi connectivity index (χ0) is 15.9. The van der Waals surface area contributed by atoms with Crippen LogP contribution in [0.4, 0.5) is 4.79 Å². The fourth-order valence-corrected chi connectivity index (χ4v) is 2.18. The minimum Gasteiger partial charge on any atom is -0.480 e. The first-order valence-electron chi connectivity index (χ1n) is 6.33. The average Bonchev–Trinajstić information content (AvgIpc) is 2.83. The van der Waals surface area contributed by atoms with E-state index in [-0.39, 0.29) is 6.42 Å². The molecule has 0 fully saturated rings. The van der Waals surface area contributed by atoms with Crippen molar-refractivity contribution in [3.05, 3.63) is 12.2 Å². The zero-order valence-electron chi connectivity index (χ0n) is 12.2. The Bertz CT molecular complexity index is 458. The molecule has 8 nitrogen and oxygen atoms in total. The molecule has 1 unspecified atom stereocenters. The van der Waals surface area contributed by atoms with Gasteiger partial charge in [-0.1, -0.05) is 5.16 Å². The van der Waals surface area contributed by atoms with Gasteiger partial charge in [0.25, 0.3) is 0 Å². The molecule has 0 saturated carbocycles. The number of carboxylic acids is 1. The van der Waals surface area contributed by atoms with E-state index in [0.29, 0.717) is 17.3 Å². The molecule has 21 heavy (non-hydrogen) atoms. The lowest BCUT2D eigenvalue weighted by Gasteiger charge is -2.21. The lowest BCUT2D eigenvalue weighted by Crippen LogP contribution is -2.43. The van der Waals surface area contributed by atoms with E-state index in [1.165, 1.54) is 18.2 Å². The number of hydrogen-bond acceptors (Lipinski definition) is 7. The van der Waals surface area contributed by atoms with Gasteiger partial charge in [0.1, 0.15) is 11.6 Å². The third kappa shape index (κ3) is 7.54. The molecule has 1 aromatic heterocycles. The molecule has 1 amide bonds. The number of nitrogens with zero attached hydrogens (tertiary/aromatic N) is 2. The van der Waals surface area contributed by atoms with Crippen LogP contribution in [0.1, 0.15) is 33.0 Å². The fraction of sp³-hybridized carbons (Fsp3) is 0.667. The molecule has 1 atom stereocenters. The SMILES string of the molecule is CC(C)(C)OC(=O)NC(CCSCc1ncon1)C(=O)O. The summed E-state index contributed by atoms with van der Waals surface area (Å²) in [5, 5.41) is 15.1. The summed E-state index contributed by atoms with van der Waals surface area (Å²) in [4.78, 5) is 26.5. The molecule has 1 rings (SSSR count). The van der Waals surface area contributed by atoms with Gasteiger partial charge < -0.3 is 19.7 Å². The van der Waals surface area contributed by atoms with Crippen LogP contribution in [0.3, 0.4) is 0 Å². The van der Waals surface area contributed by atoms with Crippen LogP contribution in [0, 0.1) is 0 Å². The Balaban J connectivity index is 2.32. The molecule has 0 aliphatic rings. The first kappa shape index (κ1) is 17.3. The van der Waals surface area contributed by atoms with Crippen molar-refractivity contribution in [1.82, 2.24) is 15.5 Å². The predicted molar refractivity (Wildman–Crippen MR) is 75.9 cm³/mol. The fourth-order valence-electron chi connectivity index (χ4n) is 1.33. The van der Waals surface area contributed by atoms with Crippen LogP contribution in [0.2, 0.25) is 0 Å². The van der Waals surface area contributed by atoms with Gasteiger partial charge in [0, 0.05) is 0 Å². The third-order valence-corrected chi connectivity index (χ3v) is 3.16. The first-order valence-corrected chi connectivity index (χ1v) is 7.48. The molecule has 0 aromatic carbocycles. The predicted octanol–water partition coefficient (Wildman–Crippen LogP) is 1.67. The van der Waals surface area contributed by atoms with Gasteiger partial charge in [-0.3, -0.25) is 0 Å². The number of aromatic nitrogens is 2. The Hall–Kier alpha value is -1.77. The van der Waals surface area contributed by atoms with E-state index in [1.807, 2.05) is 0 Å². The minimum atomic E-state index is -1.10. The van der Waals surface area contributed by atoms with E-state index >= 15 is 0 Å². The summed E-state index contributed by atoms with van der Waals surface area (Å²) < 4.78 is 9.62. The smallest absolute Gasteiger partial charge is 0.408 e. The quantitative estimate of drug-likeness (QED) is 0.730. The molecule has 0 bridgehead atoms. The van der Waals surface area contributed by atoms with Crippen LogP contribution in [0.15, 0.2) is 10.9 Å². The van der Waals surface area contributed by atoms with Crippen molar-refractivity contribution >= 4 is 23.8 Å². The largest absolute Gasteiger partial charge is 0.480 e. The summed E-state index contributed by atoms with van der Waals surface area (Å²) >= 11 is 1.46. The van der Waals surface area contributed by atoms with E-state index in [2.05, 4.69) is 20.0 Å². The van der Waals surface area contributed by atoms with Crippen LogP contribution < -0.4 is 5.32 Å². The van der Waals surface area contributed by atoms with E-state index in [1.54, 1.807) is 20.8 Å². The monoisotopic (exact) mass is 317 g/mol. The summed E-state index contributed by atoms with van der Waals surface area (Å²) in [6.45, 7) is 5.13. The van der Waals surface area contributed by atoms with Gasteiger partial charge in [-0.05, 0) is 32.9 Å². The molecule has 0 aliphatic carbocycles. The number of ether oxygens (including phenoxy) is 1. The molecular weight excluding hydrogens is 298 g/mol. The number of nitrogens with one attached hydrogen (secondary N) is 1.